The number of esters is 1. The Kier molecular flexibility index (Phi) is 5.58. The molecule has 4 rings (SSSR count). The number of hydrogen-bond acceptors (Lipinski definition) is 6. The number of nitrogens with one attached hydrogen (secondary N) is 1. The van der Waals surface area contributed by atoms with E-state index in [0.717, 1.165) is 36.8 Å². The van der Waals surface area contributed by atoms with Crippen molar-refractivity contribution in [1.82, 2.24) is 0 Å². The third-order valence-electron chi connectivity index (χ3n) is 4.78. The van der Waals surface area contributed by atoms with Crippen LogP contribution in [-0.2, 0) is 22.4 Å². The van der Waals surface area contributed by atoms with Crippen LogP contribution in [0.3, 0.4) is 0 Å². The highest BCUT2D eigenvalue weighted by Crippen LogP contribution is 2.39. The van der Waals surface area contributed by atoms with Crippen LogP contribution in [0.1, 0.15) is 53.1 Å². The summed E-state index contributed by atoms with van der Waals surface area (Å²) in [5, 5.41) is 3.45. The minimum absolute atomic E-state index is 0.210. The fraction of sp³-hybridized carbons (Fsp3) is 0.364. The lowest BCUT2D eigenvalue weighted by molar-refractivity contribution is -0.111. The van der Waals surface area contributed by atoms with Gasteiger partial charge < -0.3 is 19.5 Å². The summed E-state index contributed by atoms with van der Waals surface area (Å²) >= 11 is 1.48. The summed E-state index contributed by atoms with van der Waals surface area (Å²) in [6, 6.07) is 5.49. The molecule has 2 heterocycles. The number of aryl methyl sites for hydroxylation is 1. The third-order valence-corrected chi connectivity index (χ3v) is 5.99. The molecule has 0 bridgehead atoms. The molecule has 0 spiro atoms. The highest BCUT2D eigenvalue weighted by molar-refractivity contribution is 7.17. The Hall–Kier alpha value is -2.80. The molecular formula is C22H23NO5S. The van der Waals surface area contributed by atoms with Gasteiger partial charge >= 0.3 is 5.97 Å². The summed E-state index contributed by atoms with van der Waals surface area (Å²) in [6.07, 6.45) is 6.87. The molecule has 152 valence electrons. The Balaban J connectivity index is 1.53. The lowest BCUT2D eigenvalue weighted by atomic mass is 9.95. The number of carbonyl (C=O) groups excluding carboxylic acids is 2. The number of carbonyl (C=O) groups is 2. The minimum Gasteiger partial charge on any atom is -0.459 e. The Morgan fingerprint density at radius 1 is 1.17 bits per heavy atom. The highest BCUT2D eigenvalue weighted by atomic mass is 32.1. The van der Waals surface area contributed by atoms with E-state index in [9.17, 15) is 9.59 Å². The average molecular weight is 413 g/mol. The van der Waals surface area contributed by atoms with Crippen LogP contribution in [0.15, 0.2) is 24.3 Å². The summed E-state index contributed by atoms with van der Waals surface area (Å²) in [5.74, 6) is 0.704. The van der Waals surface area contributed by atoms with E-state index in [4.69, 9.17) is 14.2 Å². The summed E-state index contributed by atoms with van der Waals surface area (Å²) < 4.78 is 16.1. The monoisotopic (exact) mass is 413 g/mol. The normalized spacial score (nSPS) is 14.9. The molecule has 0 fully saturated rings. The van der Waals surface area contributed by atoms with Crippen molar-refractivity contribution in [3.05, 3.63) is 45.8 Å². The maximum atomic E-state index is 12.7. The van der Waals surface area contributed by atoms with Gasteiger partial charge in [0.1, 0.15) is 5.00 Å². The first-order valence-corrected chi connectivity index (χ1v) is 10.6. The second-order valence-corrected chi connectivity index (χ2v) is 8.41. The van der Waals surface area contributed by atoms with Crippen molar-refractivity contribution in [2.45, 2.75) is 45.6 Å². The first kappa shape index (κ1) is 19.5. The number of thiophene rings is 1. The van der Waals surface area contributed by atoms with Crippen LogP contribution in [0.25, 0.3) is 6.08 Å². The van der Waals surface area contributed by atoms with Crippen LogP contribution < -0.4 is 14.8 Å². The molecule has 1 aromatic carbocycles. The molecule has 1 N–H and O–H groups in total. The van der Waals surface area contributed by atoms with Gasteiger partial charge in [0.25, 0.3) is 0 Å². The maximum Gasteiger partial charge on any atom is 0.341 e. The van der Waals surface area contributed by atoms with Gasteiger partial charge in [-0.2, -0.15) is 0 Å². The van der Waals surface area contributed by atoms with E-state index < -0.39 is 0 Å². The number of hydrogen-bond donors (Lipinski definition) is 1. The van der Waals surface area contributed by atoms with Crippen LogP contribution in [-0.4, -0.2) is 24.8 Å². The number of amides is 1. The molecule has 2 aromatic rings. The van der Waals surface area contributed by atoms with Crippen molar-refractivity contribution >= 4 is 34.3 Å². The zero-order valence-electron chi connectivity index (χ0n) is 16.4. The number of rotatable bonds is 5. The van der Waals surface area contributed by atoms with Crippen molar-refractivity contribution in [3.8, 4) is 11.5 Å². The lowest BCUT2D eigenvalue weighted by Gasteiger charge is -2.14. The number of benzene rings is 1. The van der Waals surface area contributed by atoms with E-state index in [1.165, 1.54) is 22.3 Å². The average Bonchev–Trinajstić information content (AvgIpc) is 3.29. The molecule has 0 saturated carbocycles. The van der Waals surface area contributed by atoms with Gasteiger partial charge in [0.05, 0.1) is 11.7 Å². The first-order chi connectivity index (χ1) is 14.0. The minimum atomic E-state index is -0.366. The fourth-order valence-electron chi connectivity index (χ4n) is 3.49. The topological polar surface area (TPSA) is 73.9 Å². The standard InChI is InChI=1S/C22H23NO5S/c1-13(2)28-22(25)20-15-5-3-4-6-18(15)29-21(20)23-19(24)10-8-14-7-9-16-17(11-14)27-12-26-16/h7-11,13H,3-6,12H2,1-2H3,(H,23,24). The second kappa shape index (κ2) is 8.29. The summed E-state index contributed by atoms with van der Waals surface area (Å²) in [6.45, 7) is 3.85. The van der Waals surface area contributed by atoms with Crippen LogP contribution >= 0.6 is 11.3 Å². The highest BCUT2D eigenvalue weighted by Gasteiger charge is 2.27. The molecule has 0 atom stereocenters. The Bertz CT molecular complexity index is 976. The second-order valence-electron chi connectivity index (χ2n) is 7.30. The van der Waals surface area contributed by atoms with E-state index in [2.05, 4.69) is 5.32 Å². The van der Waals surface area contributed by atoms with Crippen molar-refractivity contribution in [3.63, 3.8) is 0 Å². The van der Waals surface area contributed by atoms with Crippen LogP contribution in [0.5, 0.6) is 11.5 Å². The van der Waals surface area contributed by atoms with Crippen molar-refractivity contribution in [1.29, 1.82) is 0 Å². The molecule has 29 heavy (non-hydrogen) atoms. The molecule has 6 nitrogen and oxygen atoms in total. The SMILES string of the molecule is CC(C)OC(=O)c1c(NC(=O)C=Cc2ccc3c(c2)OCO3)sc2c1CCCC2. The third kappa shape index (κ3) is 4.29. The zero-order chi connectivity index (χ0) is 20.4. The lowest BCUT2D eigenvalue weighted by Crippen LogP contribution is -2.17. The molecule has 1 aromatic heterocycles. The predicted molar refractivity (Wildman–Crippen MR) is 112 cm³/mol. The molecule has 1 amide bonds. The van der Waals surface area contributed by atoms with Crippen molar-refractivity contribution in [2.24, 2.45) is 0 Å². The largest absolute Gasteiger partial charge is 0.459 e. The summed E-state index contributed by atoms with van der Waals surface area (Å²) in [4.78, 5) is 26.4. The van der Waals surface area contributed by atoms with E-state index in [1.54, 1.807) is 6.08 Å². The molecule has 0 unspecified atom stereocenters. The van der Waals surface area contributed by atoms with Gasteiger partial charge in [-0.25, -0.2) is 4.79 Å². The molecular weight excluding hydrogens is 390 g/mol. The van der Waals surface area contributed by atoms with Gasteiger partial charge in [-0.1, -0.05) is 6.07 Å². The van der Waals surface area contributed by atoms with Crippen LogP contribution in [0.4, 0.5) is 5.00 Å². The summed E-state index contributed by atoms with van der Waals surface area (Å²) in [7, 11) is 0. The number of ether oxygens (including phenoxy) is 3. The van der Waals surface area contributed by atoms with E-state index >= 15 is 0 Å². The van der Waals surface area contributed by atoms with Gasteiger partial charge in [0.2, 0.25) is 12.7 Å². The van der Waals surface area contributed by atoms with Crippen LogP contribution in [0.2, 0.25) is 0 Å². The molecule has 2 aliphatic rings. The predicted octanol–water partition coefficient (Wildman–Crippen LogP) is 4.57. The van der Waals surface area contributed by atoms with Gasteiger partial charge in [-0.05, 0) is 68.9 Å². The molecule has 7 heteroatoms. The van der Waals surface area contributed by atoms with Crippen LogP contribution in [0, 0.1) is 0 Å². The zero-order valence-corrected chi connectivity index (χ0v) is 17.3. The number of fused-ring (bicyclic) bond motifs is 2. The van der Waals surface area contributed by atoms with Crippen molar-refractivity contribution < 1.29 is 23.8 Å². The maximum absolute atomic E-state index is 12.7. The van der Waals surface area contributed by atoms with Gasteiger partial charge in [-0.15, -0.1) is 11.3 Å². The Labute approximate surface area is 173 Å². The molecule has 1 aliphatic heterocycles. The van der Waals surface area contributed by atoms with E-state index in [0.29, 0.717) is 22.1 Å². The quantitative estimate of drug-likeness (QED) is 0.574. The Morgan fingerprint density at radius 2 is 1.97 bits per heavy atom. The van der Waals surface area contributed by atoms with Gasteiger partial charge in [0.15, 0.2) is 11.5 Å². The molecule has 1 aliphatic carbocycles. The smallest absolute Gasteiger partial charge is 0.341 e. The van der Waals surface area contributed by atoms with E-state index in [-0.39, 0.29) is 24.8 Å². The molecule has 0 radical (unpaired) electrons. The Morgan fingerprint density at radius 3 is 2.79 bits per heavy atom. The van der Waals surface area contributed by atoms with E-state index in [1.807, 2.05) is 32.0 Å². The van der Waals surface area contributed by atoms with Gasteiger partial charge in [-0.3, -0.25) is 4.79 Å². The molecule has 0 saturated heterocycles. The fourth-order valence-corrected chi connectivity index (χ4v) is 4.77. The van der Waals surface area contributed by atoms with Crippen molar-refractivity contribution in [2.75, 3.05) is 12.1 Å². The first-order valence-electron chi connectivity index (χ1n) is 9.75. The summed E-state index contributed by atoms with van der Waals surface area (Å²) in [5.41, 5.74) is 2.37. The number of anilines is 1. The van der Waals surface area contributed by atoms with Gasteiger partial charge in [0, 0.05) is 11.0 Å².